The van der Waals surface area contributed by atoms with Gasteiger partial charge in [0.05, 0.1) is 20.8 Å². The highest BCUT2D eigenvalue weighted by atomic mass is 16.5. The maximum Gasteiger partial charge on any atom is 0.161 e. The van der Waals surface area contributed by atoms with Gasteiger partial charge in [-0.2, -0.15) is 0 Å². The molecule has 0 unspecified atom stereocenters. The number of nitrogens with two attached hydrogens (primary N) is 1. The van der Waals surface area contributed by atoms with E-state index in [2.05, 4.69) is 53.9 Å². The van der Waals surface area contributed by atoms with Gasteiger partial charge in [0.2, 0.25) is 0 Å². The molecule has 0 saturated carbocycles. The van der Waals surface area contributed by atoms with Crippen molar-refractivity contribution in [2.24, 2.45) is 0 Å². The third-order valence-corrected chi connectivity index (χ3v) is 4.13. The summed E-state index contributed by atoms with van der Waals surface area (Å²) in [5, 5.41) is 2.37. The van der Waals surface area contributed by atoms with Crippen molar-refractivity contribution in [3.63, 3.8) is 0 Å². The van der Waals surface area contributed by atoms with Crippen LogP contribution in [0.2, 0.25) is 0 Å². The van der Waals surface area contributed by atoms with Crippen LogP contribution in [-0.2, 0) is 6.42 Å². The molecule has 0 bridgehead atoms. The minimum Gasteiger partial charge on any atom is -0.493 e. The Morgan fingerprint density at radius 3 is 2.50 bits per heavy atom. The van der Waals surface area contributed by atoms with Crippen molar-refractivity contribution in [1.29, 1.82) is 0 Å². The first-order valence-electron chi connectivity index (χ1n) is 7.63. The lowest BCUT2D eigenvalue weighted by atomic mass is 9.93. The fraction of sp³-hybridized carbons (Fsp3) is 0.263. The fourth-order valence-corrected chi connectivity index (χ4v) is 2.97. The van der Waals surface area contributed by atoms with Crippen LogP contribution >= 0.6 is 0 Å². The molecule has 1 heterocycles. The molecule has 2 N–H and O–H groups in total. The molecule has 1 aliphatic rings. The largest absolute Gasteiger partial charge is 0.493 e. The van der Waals surface area contributed by atoms with Gasteiger partial charge in [-0.1, -0.05) is 36.4 Å². The average molecular weight is 296 g/mol. The molecule has 0 spiro atoms. The van der Waals surface area contributed by atoms with Crippen LogP contribution in [0.5, 0.6) is 11.5 Å². The van der Waals surface area contributed by atoms with E-state index in [-0.39, 0.29) is 0 Å². The van der Waals surface area contributed by atoms with E-state index in [9.17, 15) is 0 Å². The van der Waals surface area contributed by atoms with Crippen molar-refractivity contribution in [2.45, 2.75) is 12.5 Å². The maximum atomic E-state index is 5.45. The van der Waals surface area contributed by atoms with E-state index in [0.717, 1.165) is 24.5 Å². The topological polar surface area (TPSA) is 35.1 Å². The molecule has 0 saturated heterocycles. The monoisotopic (exact) mass is 296 g/mol. The van der Waals surface area contributed by atoms with Crippen LogP contribution in [0.15, 0.2) is 48.5 Å². The van der Waals surface area contributed by atoms with Gasteiger partial charge in [0.1, 0.15) is 6.04 Å². The number of fused-ring (bicyclic) bond motifs is 1. The molecule has 0 fully saturated rings. The van der Waals surface area contributed by atoms with Crippen molar-refractivity contribution in [1.82, 2.24) is 0 Å². The molecule has 1 atom stereocenters. The van der Waals surface area contributed by atoms with E-state index < -0.39 is 0 Å². The van der Waals surface area contributed by atoms with Gasteiger partial charge in [-0.25, -0.2) is 0 Å². The maximum absolute atomic E-state index is 5.45. The molecule has 2 aromatic rings. The van der Waals surface area contributed by atoms with Crippen LogP contribution in [0.1, 0.15) is 22.7 Å². The Hall–Kier alpha value is -2.26. The highest BCUT2D eigenvalue weighted by Crippen LogP contribution is 2.34. The van der Waals surface area contributed by atoms with Crippen LogP contribution in [-0.4, -0.2) is 20.8 Å². The number of quaternary nitrogens is 1. The van der Waals surface area contributed by atoms with E-state index in [1.807, 2.05) is 6.07 Å². The number of hydrogen-bond acceptors (Lipinski definition) is 2. The minimum absolute atomic E-state index is 0.323. The van der Waals surface area contributed by atoms with Gasteiger partial charge in [0.15, 0.2) is 11.5 Å². The molecule has 2 aromatic carbocycles. The van der Waals surface area contributed by atoms with Gasteiger partial charge < -0.3 is 14.8 Å². The van der Waals surface area contributed by atoms with Gasteiger partial charge >= 0.3 is 0 Å². The molecule has 0 amide bonds. The van der Waals surface area contributed by atoms with Crippen molar-refractivity contribution < 1.29 is 14.8 Å². The van der Waals surface area contributed by atoms with Gasteiger partial charge in [0.25, 0.3) is 0 Å². The molecule has 1 aliphatic heterocycles. The Balaban J connectivity index is 1.92. The van der Waals surface area contributed by atoms with E-state index in [0.29, 0.717) is 6.04 Å². The SMILES string of the molecule is COc1cc2c(cc1OC)[C@@H](/C=C/c1ccccc1)[NH2+]CC2. The second kappa shape index (κ2) is 6.67. The zero-order valence-corrected chi connectivity index (χ0v) is 13.1. The average Bonchev–Trinajstić information content (AvgIpc) is 2.59. The minimum atomic E-state index is 0.323. The summed E-state index contributed by atoms with van der Waals surface area (Å²) in [6.07, 6.45) is 5.51. The fourth-order valence-electron chi connectivity index (χ4n) is 2.97. The molecular formula is C19H22NO2+. The van der Waals surface area contributed by atoms with E-state index >= 15 is 0 Å². The summed E-state index contributed by atoms with van der Waals surface area (Å²) >= 11 is 0. The standard InChI is InChI=1S/C19H21NO2/c1-21-18-12-15-10-11-20-17(16(15)13-19(18)22-2)9-8-14-6-4-3-5-7-14/h3-9,12-13,17,20H,10-11H2,1-2H3/p+1/b9-8+/t17-/m1/s1. The van der Waals surface area contributed by atoms with Crippen LogP contribution in [0, 0.1) is 0 Å². The first-order valence-corrected chi connectivity index (χ1v) is 7.63. The summed E-state index contributed by atoms with van der Waals surface area (Å²) in [5.41, 5.74) is 3.89. The third-order valence-electron chi connectivity index (χ3n) is 4.13. The number of hydrogen-bond donors (Lipinski definition) is 1. The first kappa shape index (κ1) is 14.7. The number of ether oxygens (including phenoxy) is 2. The second-order valence-electron chi connectivity index (χ2n) is 5.48. The Kier molecular flexibility index (Phi) is 4.45. The van der Waals surface area contributed by atoms with E-state index in [1.165, 1.54) is 16.7 Å². The Labute approximate surface area is 131 Å². The van der Waals surface area contributed by atoms with Crippen molar-refractivity contribution in [3.8, 4) is 11.5 Å². The van der Waals surface area contributed by atoms with E-state index in [1.54, 1.807) is 14.2 Å². The Bertz CT molecular complexity index is 665. The molecule has 3 nitrogen and oxygen atoms in total. The van der Waals surface area contributed by atoms with Gasteiger partial charge in [-0.05, 0) is 29.3 Å². The summed E-state index contributed by atoms with van der Waals surface area (Å²) in [6.45, 7) is 1.09. The van der Waals surface area contributed by atoms with Crippen LogP contribution in [0.3, 0.4) is 0 Å². The first-order chi connectivity index (χ1) is 10.8. The van der Waals surface area contributed by atoms with Crippen LogP contribution < -0.4 is 14.8 Å². The lowest BCUT2D eigenvalue weighted by molar-refractivity contribution is -0.688. The van der Waals surface area contributed by atoms with Crippen LogP contribution in [0.25, 0.3) is 6.08 Å². The molecule has 3 heteroatoms. The number of methoxy groups -OCH3 is 2. The predicted octanol–water partition coefficient (Wildman–Crippen LogP) is 2.58. The molecule has 3 rings (SSSR count). The smallest absolute Gasteiger partial charge is 0.161 e. The quantitative estimate of drug-likeness (QED) is 0.941. The zero-order chi connectivity index (χ0) is 15.4. The summed E-state index contributed by atoms with van der Waals surface area (Å²) in [4.78, 5) is 0. The lowest BCUT2D eigenvalue weighted by Crippen LogP contribution is -2.86. The summed E-state index contributed by atoms with van der Waals surface area (Å²) in [5.74, 6) is 1.61. The third kappa shape index (κ3) is 3.00. The van der Waals surface area contributed by atoms with Gasteiger partial charge in [-0.3, -0.25) is 0 Å². The van der Waals surface area contributed by atoms with Gasteiger partial charge in [-0.15, -0.1) is 0 Å². The molecule has 0 aromatic heterocycles. The predicted molar refractivity (Wildman–Crippen MR) is 88.3 cm³/mol. The number of rotatable bonds is 4. The normalized spacial score (nSPS) is 17.3. The van der Waals surface area contributed by atoms with Crippen LogP contribution in [0.4, 0.5) is 0 Å². The highest BCUT2D eigenvalue weighted by Gasteiger charge is 2.23. The van der Waals surface area contributed by atoms with Crippen molar-refractivity contribution >= 4 is 6.08 Å². The molecular weight excluding hydrogens is 274 g/mol. The summed E-state index contributed by atoms with van der Waals surface area (Å²) in [6, 6.07) is 15.0. The molecule has 114 valence electrons. The molecule has 0 aliphatic carbocycles. The lowest BCUT2D eigenvalue weighted by Gasteiger charge is -2.23. The zero-order valence-electron chi connectivity index (χ0n) is 13.1. The van der Waals surface area contributed by atoms with Gasteiger partial charge in [0, 0.05) is 12.0 Å². The molecule has 0 radical (unpaired) electrons. The second-order valence-corrected chi connectivity index (χ2v) is 5.48. The van der Waals surface area contributed by atoms with E-state index in [4.69, 9.17) is 9.47 Å². The molecule has 22 heavy (non-hydrogen) atoms. The van der Waals surface area contributed by atoms with Crippen molar-refractivity contribution in [3.05, 3.63) is 65.2 Å². The van der Waals surface area contributed by atoms with Crippen molar-refractivity contribution in [2.75, 3.05) is 20.8 Å². The Morgan fingerprint density at radius 1 is 1.05 bits per heavy atom. The Morgan fingerprint density at radius 2 is 1.77 bits per heavy atom. The summed E-state index contributed by atoms with van der Waals surface area (Å²) in [7, 11) is 3.37. The summed E-state index contributed by atoms with van der Waals surface area (Å²) < 4.78 is 10.9. The number of benzene rings is 2. The highest BCUT2D eigenvalue weighted by molar-refractivity contribution is 5.53.